The third-order valence-corrected chi connectivity index (χ3v) is 7.64. The monoisotopic (exact) mass is 476 g/mol. The van der Waals surface area contributed by atoms with E-state index in [0.717, 1.165) is 23.9 Å². The number of ether oxygens (including phenoxy) is 1. The molecule has 2 aliphatic heterocycles. The number of likely N-dealkylation sites (tertiary alicyclic amines) is 1. The summed E-state index contributed by atoms with van der Waals surface area (Å²) in [5, 5.41) is 7.25. The van der Waals surface area contributed by atoms with Crippen molar-refractivity contribution in [3.63, 3.8) is 0 Å². The molecule has 2 bridgehead atoms. The first-order valence-electron chi connectivity index (χ1n) is 11.7. The molecular formula is C25H31F3N4O2. The largest absolute Gasteiger partial charge is 0.497 e. The van der Waals surface area contributed by atoms with Crippen molar-refractivity contribution >= 4 is 11.7 Å². The van der Waals surface area contributed by atoms with E-state index in [1.54, 1.807) is 24.3 Å². The summed E-state index contributed by atoms with van der Waals surface area (Å²) >= 11 is 0. The quantitative estimate of drug-likeness (QED) is 0.627. The molecule has 4 unspecified atom stereocenters. The molecule has 184 valence electrons. The first-order chi connectivity index (χ1) is 15.9. The number of amides is 1. The van der Waals surface area contributed by atoms with Gasteiger partial charge in [-0.1, -0.05) is 32.9 Å². The second kappa shape index (κ2) is 7.65. The van der Waals surface area contributed by atoms with E-state index in [9.17, 15) is 18.0 Å². The minimum absolute atomic E-state index is 0.0281. The Bertz CT molecular complexity index is 1110. The molecule has 2 aromatic rings. The van der Waals surface area contributed by atoms with Crippen LogP contribution in [0.25, 0.3) is 0 Å². The summed E-state index contributed by atoms with van der Waals surface area (Å²) in [5.41, 5.74) is 1.03. The van der Waals surface area contributed by atoms with Crippen LogP contribution in [0.4, 0.5) is 19.0 Å². The zero-order valence-electron chi connectivity index (χ0n) is 19.9. The first-order valence-corrected chi connectivity index (χ1v) is 11.7. The first kappa shape index (κ1) is 23.1. The van der Waals surface area contributed by atoms with Gasteiger partial charge in [-0.15, -0.1) is 0 Å². The SMILES string of the molecule is COc1cccc(C2CC(C(F)(F)F)n3ncc(C(=O)N4CC5(C)CC4CC(C)(C)C5)c3N2)c1. The van der Waals surface area contributed by atoms with Crippen LogP contribution in [0, 0.1) is 10.8 Å². The highest BCUT2D eigenvalue weighted by atomic mass is 19.4. The molecule has 34 heavy (non-hydrogen) atoms. The predicted molar refractivity (Wildman–Crippen MR) is 122 cm³/mol. The fourth-order valence-electron chi connectivity index (χ4n) is 6.65. The third kappa shape index (κ3) is 3.92. The van der Waals surface area contributed by atoms with Crippen LogP contribution in [0.1, 0.15) is 74.5 Å². The van der Waals surface area contributed by atoms with Crippen LogP contribution in [0.5, 0.6) is 5.75 Å². The minimum Gasteiger partial charge on any atom is -0.497 e. The molecule has 1 aromatic carbocycles. The topological polar surface area (TPSA) is 59.4 Å². The molecule has 0 spiro atoms. The number of aromatic nitrogens is 2. The number of fused-ring (bicyclic) bond motifs is 3. The predicted octanol–water partition coefficient (Wildman–Crippen LogP) is 5.59. The van der Waals surface area contributed by atoms with Crippen molar-refractivity contribution in [1.29, 1.82) is 0 Å². The number of hydrogen-bond donors (Lipinski definition) is 1. The summed E-state index contributed by atoms with van der Waals surface area (Å²) in [7, 11) is 1.52. The van der Waals surface area contributed by atoms with Gasteiger partial charge in [-0.05, 0) is 47.8 Å². The van der Waals surface area contributed by atoms with E-state index in [-0.39, 0.29) is 40.6 Å². The van der Waals surface area contributed by atoms with Crippen molar-refractivity contribution in [1.82, 2.24) is 14.7 Å². The maximum Gasteiger partial charge on any atom is 0.410 e. The molecule has 0 radical (unpaired) electrons. The van der Waals surface area contributed by atoms with Crippen LogP contribution < -0.4 is 10.1 Å². The number of carbonyl (C=O) groups is 1. The number of benzene rings is 1. The molecule has 5 rings (SSSR count). The molecule has 4 atom stereocenters. The van der Waals surface area contributed by atoms with E-state index >= 15 is 0 Å². The molecular weight excluding hydrogens is 445 g/mol. The van der Waals surface area contributed by atoms with Crippen LogP contribution in [0.2, 0.25) is 0 Å². The number of halogens is 3. The van der Waals surface area contributed by atoms with Crippen LogP contribution in [0.15, 0.2) is 30.5 Å². The van der Waals surface area contributed by atoms with Crippen molar-refractivity contribution in [3.8, 4) is 5.75 Å². The fraction of sp³-hybridized carbons (Fsp3) is 0.600. The van der Waals surface area contributed by atoms with Gasteiger partial charge in [0, 0.05) is 19.0 Å². The van der Waals surface area contributed by atoms with Gasteiger partial charge in [0.05, 0.1) is 19.3 Å². The Morgan fingerprint density at radius 3 is 2.71 bits per heavy atom. The van der Waals surface area contributed by atoms with Crippen molar-refractivity contribution in [2.75, 3.05) is 19.0 Å². The highest BCUT2D eigenvalue weighted by Crippen LogP contribution is 2.53. The van der Waals surface area contributed by atoms with E-state index in [0.29, 0.717) is 17.9 Å². The van der Waals surface area contributed by atoms with Crippen LogP contribution in [-0.4, -0.2) is 46.5 Å². The van der Waals surface area contributed by atoms with Gasteiger partial charge in [-0.3, -0.25) is 4.79 Å². The van der Waals surface area contributed by atoms with Gasteiger partial charge >= 0.3 is 6.18 Å². The van der Waals surface area contributed by atoms with Crippen molar-refractivity contribution in [3.05, 3.63) is 41.6 Å². The molecule has 1 N–H and O–H groups in total. The maximum absolute atomic E-state index is 14.1. The normalized spacial score (nSPS) is 30.0. The van der Waals surface area contributed by atoms with Gasteiger partial charge in [0.15, 0.2) is 6.04 Å². The number of hydrogen-bond acceptors (Lipinski definition) is 4. The summed E-state index contributed by atoms with van der Waals surface area (Å²) in [5.74, 6) is 0.461. The summed E-state index contributed by atoms with van der Waals surface area (Å²) in [6.07, 6.45) is -0.578. The number of nitrogens with one attached hydrogen (secondary N) is 1. The van der Waals surface area contributed by atoms with Gasteiger partial charge in [-0.25, -0.2) is 4.68 Å². The van der Waals surface area contributed by atoms with Gasteiger partial charge in [0.25, 0.3) is 5.91 Å². The molecule has 1 amide bonds. The Balaban J connectivity index is 1.50. The molecule has 1 aliphatic carbocycles. The highest BCUT2D eigenvalue weighted by Gasteiger charge is 2.52. The lowest BCUT2D eigenvalue weighted by Gasteiger charge is -2.39. The maximum atomic E-state index is 14.1. The van der Waals surface area contributed by atoms with Crippen molar-refractivity contribution in [2.24, 2.45) is 10.8 Å². The number of anilines is 1. The average Bonchev–Trinajstić information content (AvgIpc) is 3.28. The lowest BCUT2D eigenvalue weighted by atomic mass is 9.65. The zero-order valence-corrected chi connectivity index (χ0v) is 19.9. The summed E-state index contributed by atoms with van der Waals surface area (Å²) in [6, 6.07) is 4.64. The summed E-state index contributed by atoms with van der Waals surface area (Å²) < 4.78 is 48.4. The van der Waals surface area contributed by atoms with Crippen molar-refractivity contribution < 1.29 is 22.7 Å². The van der Waals surface area contributed by atoms with E-state index in [1.165, 1.54) is 13.3 Å². The molecule has 1 saturated heterocycles. The van der Waals surface area contributed by atoms with Gasteiger partial charge in [0.2, 0.25) is 0 Å². The number of alkyl halides is 3. The molecule has 3 heterocycles. The van der Waals surface area contributed by atoms with E-state index < -0.39 is 18.3 Å². The smallest absolute Gasteiger partial charge is 0.410 e. The Labute approximate surface area is 197 Å². The molecule has 2 fully saturated rings. The van der Waals surface area contributed by atoms with Crippen LogP contribution in [0.3, 0.4) is 0 Å². The Kier molecular flexibility index (Phi) is 5.19. The van der Waals surface area contributed by atoms with E-state index in [2.05, 4.69) is 31.2 Å². The van der Waals surface area contributed by atoms with Crippen molar-refractivity contribution in [2.45, 2.75) is 70.8 Å². The average molecular weight is 477 g/mol. The number of nitrogens with zero attached hydrogens (tertiary/aromatic N) is 3. The molecule has 6 nitrogen and oxygen atoms in total. The Morgan fingerprint density at radius 2 is 2.00 bits per heavy atom. The van der Waals surface area contributed by atoms with E-state index in [4.69, 9.17) is 4.74 Å². The Hall–Kier alpha value is -2.71. The summed E-state index contributed by atoms with van der Waals surface area (Å²) in [4.78, 5) is 15.6. The van der Waals surface area contributed by atoms with E-state index in [1.807, 2.05) is 4.90 Å². The summed E-state index contributed by atoms with van der Waals surface area (Å²) in [6.45, 7) is 7.27. The van der Waals surface area contributed by atoms with Gasteiger partial charge < -0.3 is 15.0 Å². The zero-order chi connectivity index (χ0) is 24.5. The van der Waals surface area contributed by atoms with Crippen LogP contribution in [-0.2, 0) is 0 Å². The minimum atomic E-state index is -4.50. The van der Waals surface area contributed by atoms with Gasteiger partial charge in [-0.2, -0.15) is 18.3 Å². The second-order valence-electron chi connectivity index (χ2n) is 11.3. The molecule has 1 saturated carbocycles. The van der Waals surface area contributed by atoms with Gasteiger partial charge in [0.1, 0.15) is 17.1 Å². The number of methoxy groups -OCH3 is 1. The fourth-order valence-corrected chi connectivity index (χ4v) is 6.65. The van der Waals surface area contributed by atoms with Crippen LogP contribution >= 0.6 is 0 Å². The highest BCUT2D eigenvalue weighted by molar-refractivity contribution is 5.99. The third-order valence-electron chi connectivity index (χ3n) is 7.64. The standard InChI is InChI=1S/C25H31F3N4O2/c1-23(2)10-16-11-24(3,13-23)14-31(16)22(33)18-12-29-32-20(25(26,27)28)9-19(30-21(18)32)15-6-5-7-17(8-15)34-4/h5-8,12,16,19-20,30H,9-11,13-14H2,1-4H3. The lowest BCUT2D eigenvalue weighted by Crippen LogP contribution is -2.39. The Morgan fingerprint density at radius 1 is 1.24 bits per heavy atom. The molecule has 3 aliphatic rings. The molecule has 9 heteroatoms. The second-order valence-corrected chi connectivity index (χ2v) is 11.3. The lowest BCUT2D eigenvalue weighted by molar-refractivity contribution is -0.173. The number of rotatable bonds is 3. The molecule has 1 aromatic heterocycles. The number of carbonyl (C=O) groups excluding carboxylic acids is 1.